The van der Waals surface area contributed by atoms with Crippen LogP contribution in [0.1, 0.15) is 43.4 Å². The molecule has 3 aromatic rings. The lowest BCUT2D eigenvalue weighted by molar-refractivity contribution is 0.303. The molecule has 0 aliphatic carbocycles. The number of nitriles is 2. The summed E-state index contributed by atoms with van der Waals surface area (Å²) in [6.07, 6.45) is 2.04. The molecule has 0 atom stereocenters. The number of hydrogen-bond acceptors (Lipinski definition) is 5. The van der Waals surface area contributed by atoms with Crippen molar-refractivity contribution in [2.24, 2.45) is 0 Å². The topological polar surface area (TPSA) is 80.2 Å². The number of hydrogen-bond donors (Lipinski definition) is 1. The molecule has 0 unspecified atom stereocenters. The van der Waals surface area contributed by atoms with Crippen LogP contribution in [-0.4, -0.2) is 40.5 Å². The minimum atomic E-state index is 0.415. The van der Waals surface area contributed by atoms with E-state index in [1.165, 1.54) is 0 Å². The average molecular weight is 389 g/mol. The van der Waals surface area contributed by atoms with Gasteiger partial charge in [-0.15, -0.1) is 0 Å². The van der Waals surface area contributed by atoms with E-state index in [-0.39, 0.29) is 0 Å². The number of benzene rings is 1. The number of aromatic nitrogens is 2. The molecule has 3 rings (SSSR count). The molecule has 6 nitrogen and oxygen atoms in total. The molecule has 0 aliphatic rings. The molecule has 6 heteroatoms. The van der Waals surface area contributed by atoms with E-state index in [1.54, 1.807) is 0 Å². The quantitative estimate of drug-likeness (QED) is 0.554. The van der Waals surface area contributed by atoms with Crippen LogP contribution in [0.25, 0.3) is 16.7 Å². The van der Waals surface area contributed by atoms with Crippen molar-refractivity contribution in [3.8, 4) is 12.1 Å². The summed E-state index contributed by atoms with van der Waals surface area (Å²) < 4.78 is 2.06. The number of imidazole rings is 1. The maximum atomic E-state index is 9.82. The van der Waals surface area contributed by atoms with Crippen LogP contribution in [-0.2, 0) is 6.42 Å². The fourth-order valence-electron chi connectivity index (χ4n) is 3.91. The van der Waals surface area contributed by atoms with Crippen LogP contribution >= 0.6 is 0 Å². The standard InChI is InChI=1S/C23H28N6/c1-4-28(5-2)15-9-14-26-22-18(10-8-13-24)17(3)19(16-25)23-27-20-11-6-7-12-21(20)29(22)23/h6-7,11-12,26H,4-5,8-10,14-15H2,1-3H3. The predicted octanol–water partition coefficient (Wildman–Crippen LogP) is 4.27. The van der Waals surface area contributed by atoms with Crippen LogP contribution in [0, 0.1) is 29.6 Å². The summed E-state index contributed by atoms with van der Waals surface area (Å²) in [7, 11) is 0. The van der Waals surface area contributed by atoms with Crippen LogP contribution in [0.2, 0.25) is 0 Å². The fourth-order valence-corrected chi connectivity index (χ4v) is 3.91. The van der Waals surface area contributed by atoms with E-state index in [0.717, 1.165) is 60.6 Å². The largest absolute Gasteiger partial charge is 0.371 e. The lowest BCUT2D eigenvalue weighted by atomic mass is 10.0. The van der Waals surface area contributed by atoms with Gasteiger partial charge in [0.25, 0.3) is 0 Å². The van der Waals surface area contributed by atoms with Crippen LogP contribution in [0.3, 0.4) is 0 Å². The van der Waals surface area contributed by atoms with Crippen LogP contribution in [0.15, 0.2) is 24.3 Å². The summed E-state index contributed by atoms with van der Waals surface area (Å²) in [5.41, 5.74) is 5.05. The van der Waals surface area contributed by atoms with Gasteiger partial charge in [-0.2, -0.15) is 10.5 Å². The van der Waals surface area contributed by atoms with Gasteiger partial charge in [0.2, 0.25) is 0 Å². The molecule has 2 heterocycles. The third-order valence-electron chi connectivity index (χ3n) is 5.56. The van der Waals surface area contributed by atoms with Crippen molar-refractivity contribution < 1.29 is 0 Å². The Morgan fingerprint density at radius 2 is 1.93 bits per heavy atom. The summed E-state index contributed by atoms with van der Waals surface area (Å²) in [6.45, 7) is 10.3. The summed E-state index contributed by atoms with van der Waals surface area (Å²) in [5.74, 6) is 0.958. The van der Waals surface area contributed by atoms with Crippen LogP contribution in [0.5, 0.6) is 0 Å². The summed E-state index contributed by atoms with van der Waals surface area (Å²) >= 11 is 0. The molecule has 29 heavy (non-hydrogen) atoms. The highest BCUT2D eigenvalue weighted by Gasteiger charge is 2.20. The zero-order valence-electron chi connectivity index (χ0n) is 17.5. The number of para-hydroxylation sites is 2. The molecular weight excluding hydrogens is 360 g/mol. The fraction of sp³-hybridized carbons (Fsp3) is 0.435. The molecule has 0 fully saturated rings. The minimum Gasteiger partial charge on any atom is -0.371 e. The van der Waals surface area contributed by atoms with Crippen molar-refractivity contribution >= 4 is 22.5 Å². The van der Waals surface area contributed by atoms with Gasteiger partial charge in [0.1, 0.15) is 11.9 Å². The molecule has 0 bridgehead atoms. The summed E-state index contributed by atoms with van der Waals surface area (Å²) in [6, 6.07) is 12.5. The van der Waals surface area contributed by atoms with Crippen molar-refractivity contribution in [2.45, 2.75) is 40.0 Å². The van der Waals surface area contributed by atoms with Crippen molar-refractivity contribution in [2.75, 3.05) is 31.5 Å². The highest BCUT2D eigenvalue weighted by Crippen LogP contribution is 2.31. The maximum Gasteiger partial charge on any atom is 0.157 e. The third kappa shape index (κ3) is 4.04. The molecule has 1 aromatic carbocycles. The zero-order valence-corrected chi connectivity index (χ0v) is 17.5. The molecule has 0 radical (unpaired) electrons. The number of nitrogens with one attached hydrogen (secondary N) is 1. The first-order valence-electron chi connectivity index (χ1n) is 10.3. The zero-order chi connectivity index (χ0) is 20.8. The van der Waals surface area contributed by atoms with E-state index >= 15 is 0 Å². The van der Waals surface area contributed by atoms with E-state index in [0.29, 0.717) is 24.1 Å². The van der Waals surface area contributed by atoms with Gasteiger partial charge in [-0.25, -0.2) is 4.98 Å². The van der Waals surface area contributed by atoms with Gasteiger partial charge in [0.15, 0.2) is 5.65 Å². The average Bonchev–Trinajstić information content (AvgIpc) is 3.12. The van der Waals surface area contributed by atoms with Gasteiger partial charge in [-0.3, -0.25) is 4.40 Å². The summed E-state index contributed by atoms with van der Waals surface area (Å²) in [5, 5.41) is 22.6. The molecule has 2 aromatic heterocycles. The maximum absolute atomic E-state index is 9.82. The Kier molecular flexibility index (Phi) is 6.69. The van der Waals surface area contributed by atoms with Gasteiger partial charge in [-0.1, -0.05) is 26.0 Å². The molecule has 0 spiro atoms. The second-order valence-corrected chi connectivity index (χ2v) is 7.16. The third-order valence-corrected chi connectivity index (χ3v) is 5.56. The van der Waals surface area contributed by atoms with E-state index in [1.807, 2.05) is 31.2 Å². The Balaban J connectivity index is 2.09. The second kappa shape index (κ2) is 9.41. The van der Waals surface area contributed by atoms with Gasteiger partial charge in [0, 0.05) is 13.0 Å². The van der Waals surface area contributed by atoms with Crippen molar-refractivity contribution in [3.05, 3.63) is 41.0 Å². The Bertz CT molecular complexity index is 1080. The predicted molar refractivity (Wildman–Crippen MR) is 117 cm³/mol. The number of pyridine rings is 1. The van der Waals surface area contributed by atoms with E-state index < -0.39 is 0 Å². The van der Waals surface area contributed by atoms with Gasteiger partial charge in [-0.05, 0) is 62.7 Å². The first-order valence-corrected chi connectivity index (χ1v) is 10.3. The summed E-state index contributed by atoms with van der Waals surface area (Å²) in [4.78, 5) is 7.15. The number of fused-ring (bicyclic) bond motifs is 3. The first-order chi connectivity index (χ1) is 14.2. The molecule has 0 saturated heterocycles. The normalized spacial score (nSPS) is 11.1. The van der Waals surface area contributed by atoms with Gasteiger partial charge >= 0.3 is 0 Å². The van der Waals surface area contributed by atoms with Crippen molar-refractivity contribution in [1.29, 1.82) is 10.5 Å². The number of rotatable bonds is 9. The molecule has 150 valence electrons. The molecule has 0 amide bonds. The van der Waals surface area contributed by atoms with Crippen LogP contribution < -0.4 is 5.32 Å². The Labute approximate surface area is 172 Å². The molecular formula is C23H28N6. The van der Waals surface area contributed by atoms with Crippen molar-refractivity contribution in [3.63, 3.8) is 0 Å². The van der Waals surface area contributed by atoms with Gasteiger partial charge < -0.3 is 10.2 Å². The Morgan fingerprint density at radius 3 is 2.62 bits per heavy atom. The SMILES string of the molecule is CCN(CC)CCCNc1c(CCC#N)c(C)c(C#N)c2nc3ccccc3n12. The lowest BCUT2D eigenvalue weighted by Crippen LogP contribution is -2.25. The Morgan fingerprint density at radius 1 is 1.17 bits per heavy atom. The number of anilines is 1. The van der Waals surface area contributed by atoms with Gasteiger partial charge in [0.05, 0.1) is 22.7 Å². The van der Waals surface area contributed by atoms with E-state index in [2.05, 4.69) is 40.6 Å². The first kappa shape index (κ1) is 20.6. The number of nitrogens with zero attached hydrogens (tertiary/aromatic N) is 5. The second-order valence-electron chi connectivity index (χ2n) is 7.16. The van der Waals surface area contributed by atoms with Crippen LogP contribution in [0.4, 0.5) is 5.82 Å². The molecule has 0 aliphatic heterocycles. The monoisotopic (exact) mass is 388 g/mol. The lowest BCUT2D eigenvalue weighted by Gasteiger charge is -2.20. The molecule has 0 saturated carbocycles. The highest BCUT2D eigenvalue weighted by molar-refractivity contribution is 5.86. The molecule has 1 N–H and O–H groups in total. The minimum absolute atomic E-state index is 0.415. The van der Waals surface area contributed by atoms with Crippen molar-refractivity contribution in [1.82, 2.24) is 14.3 Å². The van der Waals surface area contributed by atoms with E-state index in [9.17, 15) is 5.26 Å². The highest BCUT2D eigenvalue weighted by atomic mass is 15.1. The smallest absolute Gasteiger partial charge is 0.157 e. The van der Waals surface area contributed by atoms with E-state index in [4.69, 9.17) is 10.2 Å². The Hall–Kier alpha value is -3.09.